The topological polar surface area (TPSA) is 76.4 Å². The van der Waals surface area contributed by atoms with Crippen LogP contribution in [0.2, 0.25) is 0 Å². The summed E-state index contributed by atoms with van der Waals surface area (Å²) >= 11 is 5.24. The molecule has 1 heterocycles. The predicted octanol–water partition coefficient (Wildman–Crippen LogP) is 5.18. The van der Waals surface area contributed by atoms with Crippen molar-refractivity contribution in [1.82, 2.24) is 10.3 Å². The van der Waals surface area contributed by atoms with E-state index >= 15 is 0 Å². The zero-order valence-electron chi connectivity index (χ0n) is 18.6. The van der Waals surface area contributed by atoms with E-state index in [9.17, 15) is 4.79 Å². The highest BCUT2D eigenvalue weighted by molar-refractivity contribution is 7.80. The number of hydrogen-bond acceptors (Lipinski definition) is 5. The van der Waals surface area contributed by atoms with Crippen LogP contribution in [0.3, 0.4) is 0 Å². The number of fused-ring (bicyclic) bond motifs is 1. The number of aryl methyl sites for hydroxylation is 2. The smallest absolute Gasteiger partial charge is 0.264 e. The van der Waals surface area contributed by atoms with Gasteiger partial charge < -0.3 is 14.5 Å². The summed E-state index contributed by atoms with van der Waals surface area (Å²) in [5, 5.41) is 5.85. The molecule has 0 atom stereocenters. The molecule has 2 N–H and O–H groups in total. The highest BCUT2D eigenvalue weighted by Gasteiger charge is 2.09. The van der Waals surface area contributed by atoms with E-state index in [4.69, 9.17) is 21.4 Å². The Morgan fingerprint density at radius 3 is 2.61 bits per heavy atom. The third kappa shape index (κ3) is 6.17. The molecule has 1 aromatic heterocycles. The Bertz CT molecular complexity index is 1280. The van der Waals surface area contributed by atoms with Crippen molar-refractivity contribution < 1.29 is 13.9 Å². The van der Waals surface area contributed by atoms with E-state index in [0.29, 0.717) is 18.1 Å². The molecule has 0 radical (unpaired) electrons. The molecular formula is C26H25N3O3S. The van der Waals surface area contributed by atoms with Crippen molar-refractivity contribution in [2.75, 3.05) is 11.9 Å². The lowest BCUT2D eigenvalue weighted by Gasteiger charge is -2.11. The first-order valence-corrected chi connectivity index (χ1v) is 11.2. The maximum absolute atomic E-state index is 12.1. The third-order valence-corrected chi connectivity index (χ3v) is 5.29. The van der Waals surface area contributed by atoms with E-state index in [1.807, 2.05) is 61.5 Å². The van der Waals surface area contributed by atoms with E-state index in [0.717, 1.165) is 34.3 Å². The van der Waals surface area contributed by atoms with Crippen LogP contribution < -0.4 is 15.4 Å². The fraction of sp³-hybridized carbons (Fsp3) is 0.192. The number of oxazole rings is 1. The van der Waals surface area contributed by atoms with Gasteiger partial charge in [-0.05, 0) is 78.7 Å². The van der Waals surface area contributed by atoms with Gasteiger partial charge in [-0.25, -0.2) is 4.98 Å². The largest absolute Gasteiger partial charge is 0.484 e. The van der Waals surface area contributed by atoms with Gasteiger partial charge in [0.15, 0.2) is 23.2 Å². The normalized spacial score (nSPS) is 10.7. The molecule has 1 amide bonds. The molecule has 0 unspecified atom stereocenters. The molecule has 3 aromatic carbocycles. The highest BCUT2D eigenvalue weighted by atomic mass is 32.1. The Hall–Kier alpha value is -3.71. The Balaban J connectivity index is 1.28. The second kappa shape index (κ2) is 10.3. The molecule has 4 aromatic rings. The number of benzene rings is 3. The Morgan fingerprint density at radius 2 is 1.85 bits per heavy atom. The van der Waals surface area contributed by atoms with Gasteiger partial charge in [0.1, 0.15) is 11.3 Å². The minimum Gasteiger partial charge on any atom is -0.484 e. The first-order valence-electron chi connectivity index (χ1n) is 10.8. The maximum atomic E-state index is 12.1. The van der Waals surface area contributed by atoms with Crippen molar-refractivity contribution >= 4 is 40.0 Å². The van der Waals surface area contributed by atoms with Gasteiger partial charge in [-0.3, -0.25) is 10.1 Å². The molecule has 0 aliphatic rings. The van der Waals surface area contributed by atoms with E-state index < -0.39 is 0 Å². The van der Waals surface area contributed by atoms with Gasteiger partial charge in [-0.15, -0.1) is 0 Å². The molecule has 0 aliphatic heterocycles. The van der Waals surface area contributed by atoms with Gasteiger partial charge in [-0.1, -0.05) is 37.3 Å². The number of anilines is 1. The molecule has 0 spiro atoms. The fourth-order valence-corrected chi connectivity index (χ4v) is 3.61. The monoisotopic (exact) mass is 459 g/mol. The maximum Gasteiger partial charge on any atom is 0.264 e. The van der Waals surface area contributed by atoms with Gasteiger partial charge in [-0.2, -0.15) is 0 Å². The molecule has 0 bridgehead atoms. The van der Waals surface area contributed by atoms with Crippen LogP contribution in [0.5, 0.6) is 5.75 Å². The van der Waals surface area contributed by atoms with Gasteiger partial charge in [0.05, 0.1) is 0 Å². The van der Waals surface area contributed by atoms with Crippen LogP contribution >= 0.6 is 12.2 Å². The number of carbonyl (C=O) groups is 1. The number of hydrogen-bond donors (Lipinski definition) is 2. The van der Waals surface area contributed by atoms with Gasteiger partial charge in [0, 0.05) is 12.1 Å². The lowest BCUT2D eigenvalue weighted by molar-refractivity contribution is -0.121. The molecule has 0 saturated heterocycles. The molecule has 0 saturated carbocycles. The van der Waals surface area contributed by atoms with Crippen molar-refractivity contribution in [3.05, 3.63) is 89.3 Å². The summed E-state index contributed by atoms with van der Waals surface area (Å²) in [5.41, 5.74) is 5.82. The Kier molecular flexibility index (Phi) is 7.00. The van der Waals surface area contributed by atoms with Crippen molar-refractivity contribution in [2.24, 2.45) is 0 Å². The molecule has 6 nitrogen and oxygen atoms in total. The van der Waals surface area contributed by atoms with Gasteiger partial charge >= 0.3 is 0 Å². The second-order valence-electron chi connectivity index (χ2n) is 7.74. The quantitative estimate of drug-likeness (QED) is 0.371. The zero-order chi connectivity index (χ0) is 23.2. The summed E-state index contributed by atoms with van der Waals surface area (Å²) in [6.45, 7) is 3.97. The average molecular weight is 460 g/mol. The van der Waals surface area contributed by atoms with Gasteiger partial charge in [0.25, 0.3) is 5.91 Å². The van der Waals surface area contributed by atoms with E-state index in [1.165, 1.54) is 5.56 Å². The summed E-state index contributed by atoms with van der Waals surface area (Å²) in [6.07, 6.45) is 1.56. The van der Waals surface area contributed by atoms with Crippen LogP contribution in [0.1, 0.15) is 29.5 Å². The lowest BCUT2D eigenvalue weighted by Crippen LogP contribution is -2.37. The molecule has 4 rings (SSSR count). The number of rotatable bonds is 7. The van der Waals surface area contributed by atoms with Crippen molar-refractivity contribution in [3.8, 4) is 5.75 Å². The highest BCUT2D eigenvalue weighted by Crippen LogP contribution is 2.20. The predicted molar refractivity (Wildman–Crippen MR) is 134 cm³/mol. The number of carbonyl (C=O) groups excluding carboxylic acids is 1. The SMILES string of the molecule is CCc1ccc2oc(Cc3ccc(NC(=S)NC(=O)COc4cccc(C)c4)cc3)nc2c1. The number of thiocarbonyl (C=S) groups is 1. The number of nitrogens with zero attached hydrogens (tertiary/aromatic N) is 1. The number of nitrogens with one attached hydrogen (secondary N) is 2. The van der Waals surface area contributed by atoms with E-state index in [1.54, 1.807) is 0 Å². The third-order valence-electron chi connectivity index (χ3n) is 5.08. The average Bonchev–Trinajstić information content (AvgIpc) is 3.20. The van der Waals surface area contributed by atoms with Crippen LogP contribution in [0, 0.1) is 6.92 Å². The number of amides is 1. The van der Waals surface area contributed by atoms with E-state index in [2.05, 4.69) is 34.7 Å². The zero-order valence-corrected chi connectivity index (χ0v) is 19.4. The minimum absolute atomic E-state index is 0.117. The lowest BCUT2D eigenvalue weighted by atomic mass is 10.1. The molecule has 0 aliphatic carbocycles. The standard InChI is InChI=1S/C26H25N3O3S/c1-3-18-9-12-23-22(14-18)28-25(32-23)15-19-7-10-20(11-8-19)27-26(33)29-24(30)16-31-21-6-4-5-17(2)13-21/h4-14H,3,15-16H2,1-2H3,(H2,27,29,30,33). The number of aromatic nitrogens is 1. The van der Waals surface area contributed by atoms with Crippen LogP contribution in [0.4, 0.5) is 5.69 Å². The Labute approximate surface area is 198 Å². The number of ether oxygens (including phenoxy) is 1. The molecule has 0 fully saturated rings. The Morgan fingerprint density at radius 1 is 1.06 bits per heavy atom. The summed E-state index contributed by atoms with van der Waals surface area (Å²) in [6, 6.07) is 21.4. The second-order valence-corrected chi connectivity index (χ2v) is 8.15. The fourth-order valence-electron chi connectivity index (χ4n) is 3.38. The summed E-state index contributed by atoms with van der Waals surface area (Å²) in [5.74, 6) is 0.993. The van der Waals surface area contributed by atoms with E-state index in [-0.39, 0.29) is 17.6 Å². The summed E-state index contributed by atoms with van der Waals surface area (Å²) in [7, 11) is 0. The molecule has 168 valence electrons. The van der Waals surface area contributed by atoms with Crippen LogP contribution in [-0.2, 0) is 17.6 Å². The molecule has 33 heavy (non-hydrogen) atoms. The summed E-state index contributed by atoms with van der Waals surface area (Å²) in [4.78, 5) is 16.7. The van der Waals surface area contributed by atoms with Crippen molar-refractivity contribution in [2.45, 2.75) is 26.7 Å². The van der Waals surface area contributed by atoms with Gasteiger partial charge in [0.2, 0.25) is 0 Å². The first kappa shape index (κ1) is 22.5. The van der Waals surface area contributed by atoms with Crippen LogP contribution in [-0.4, -0.2) is 22.6 Å². The molecular weight excluding hydrogens is 434 g/mol. The van der Waals surface area contributed by atoms with Crippen molar-refractivity contribution in [1.29, 1.82) is 0 Å². The minimum atomic E-state index is -0.326. The first-order chi connectivity index (χ1) is 16.0. The van der Waals surface area contributed by atoms with Crippen LogP contribution in [0.15, 0.2) is 71.1 Å². The molecule has 7 heteroatoms. The van der Waals surface area contributed by atoms with Crippen molar-refractivity contribution in [3.63, 3.8) is 0 Å². The van der Waals surface area contributed by atoms with Crippen LogP contribution in [0.25, 0.3) is 11.1 Å². The summed E-state index contributed by atoms with van der Waals surface area (Å²) < 4.78 is 11.4.